The van der Waals surface area contributed by atoms with Gasteiger partial charge in [-0.25, -0.2) is 0 Å². The van der Waals surface area contributed by atoms with E-state index in [4.69, 9.17) is 4.74 Å². The van der Waals surface area contributed by atoms with Crippen molar-refractivity contribution < 1.29 is 4.74 Å². The van der Waals surface area contributed by atoms with Crippen LogP contribution in [0.25, 0.3) is 0 Å². The number of ether oxygens (including phenoxy) is 1. The third kappa shape index (κ3) is 0.984. The Hall–Kier alpha value is -0.350. The Labute approximate surface area is 91.6 Å². The Morgan fingerprint density at radius 3 is 3.00 bits per heavy atom. The molecule has 3 rings (SSSR count). The highest BCUT2D eigenvalue weighted by Gasteiger charge is 2.64. The molecule has 2 fully saturated rings. The number of rotatable bonds is 1. The van der Waals surface area contributed by atoms with Gasteiger partial charge in [-0.3, -0.25) is 4.68 Å². The lowest BCUT2D eigenvalue weighted by Gasteiger charge is -2.12. The standard InChI is InChI=1S/C10H13BrN2O/c1-6-3-8-10(4-6,14-8)9-7(11)5-12-13(9)2/h5-6,8H,3-4H2,1-2H3/t6-,8+,10+/m1/s1. The molecule has 0 unspecified atom stereocenters. The van der Waals surface area contributed by atoms with Crippen molar-refractivity contribution in [2.45, 2.75) is 31.5 Å². The maximum Gasteiger partial charge on any atom is 0.138 e. The fourth-order valence-electron chi connectivity index (χ4n) is 2.80. The van der Waals surface area contributed by atoms with Crippen LogP contribution < -0.4 is 0 Å². The lowest BCUT2D eigenvalue weighted by atomic mass is 10.0. The third-order valence-corrected chi connectivity index (χ3v) is 3.96. The Bertz CT molecular complexity index is 370. The molecule has 0 bridgehead atoms. The van der Waals surface area contributed by atoms with Gasteiger partial charge in [0.1, 0.15) is 5.60 Å². The monoisotopic (exact) mass is 256 g/mol. The zero-order valence-corrected chi connectivity index (χ0v) is 9.91. The number of hydrogen-bond donors (Lipinski definition) is 0. The molecule has 0 amide bonds. The highest BCUT2D eigenvalue weighted by Crippen LogP contribution is 2.60. The molecule has 2 heterocycles. The molecule has 1 aliphatic carbocycles. The van der Waals surface area contributed by atoms with E-state index in [0.717, 1.165) is 16.8 Å². The van der Waals surface area contributed by atoms with E-state index < -0.39 is 0 Å². The average molecular weight is 257 g/mol. The Morgan fingerprint density at radius 1 is 1.71 bits per heavy atom. The number of aryl methyl sites for hydroxylation is 1. The summed E-state index contributed by atoms with van der Waals surface area (Å²) in [5.41, 5.74) is 1.20. The van der Waals surface area contributed by atoms with Crippen LogP contribution in [-0.4, -0.2) is 15.9 Å². The smallest absolute Gasteiger partial charge is 0.138 e. The van der Waals surface area contributed by atoms with Crippen LogP contribution >= 0.6 is 15.9 Å². The van der Waals surface area contributed by atoms with Crippen LogP contribution in [0.15, 0.2) is 10.7 Å². The normalized spacial score (nSPS) is 39.9. The van der Waals surface area contributed by atoms with Crippen LogP contribution in [0.4, 0.5) is 0 Å². The second-order valence-electron chi connectivity index (χ2n) is 4.51. The molecular weight excluding hydrogens is 244 g/mol. The minimum absolute atomic E-state index is 0.0104. The first kappa shape index (κ1) is 8.92. The summed E-state index contributed by atoms with van der Waals surface area (Å²) in [6.07, 6.45) is 4.61. The van der Waals surface area contributed by atoms with Crippen LogP contribution in [-0.2, 0) is 17.4 Å². The summed E-state index contributed by atoms with van der Waals surface area (Å²) in [6.45, 7) is 2.29. The van der Waals surface area contributed by atoms with E-state index in [9.17, 15) is 0 Å². The first-order chi connectivity index (χ1) is 6.63. The minimum Gasteiger partial charge on any atom is -0.359 e. The molecule has 1 saturated carbocycles. The molecule has 1 aromatic heterocycles. The molecule has 0 aromatic carbocycles. The van der Waals surface area contributed by atoms with Crippen LogP contribution in [0.5, 0.6) is 0 Å². The van der Waals surface area contributed by atoms with Gasteiger partial charge in [-0.15, -0.1) is 0 Å². The van der Waals surface area contributed by atoms with Gasteiger partial charge in [0.25, 0.3) is 0 Å². The highest BCUT2D eigenvalue weighted by molar-refractivity contribution is 9.10. The largest absolute Gasteiger partial charge is 0.359 e. The van der Waals surface area contributed by atoms with E-state index in [2.05, 4.69) is 28.0 Å². The van der Waals surface area contributed by atoms with Gasteiger partial charge in [-0.1, -0.05) is 6.92 Å². The van der Waals surface area contributed by atoms with E-state index >= 15 is 0 Å². The van der Waals surface area contributed by atoms with E-state index in [0.29, 0.717) is 6.10 Å². The molecule has 1 aromatic rings. The second-order valence-corrected chi connectivity index (χ2v) is 5.36. The zero-order valence-electron chi connectivity index (χ0n) is 8.33. The van der Waals surface area contributed by atoms with Gasteiger partial charge in [0, 0.05) is 7.05 Å². The number of hydrogen-bond acceptors (Lipinski definition) is 2. The molecule has 1 saturated heterocycles. The van der Waals surface area contributed by atoms with Crippen molar-refractivity contribution in [3.63, 3.8) is 0 Å². The predicted octanol–water partition coefficient (Wildman–Crippen LogP) is 2.21. The van der Waals surface area contributed by atoms with Crippen LogP contribution in [0.1, 0.15) is 25.5 Å². The molecule has 2 aliphatic rings. The SMILES string of the molecule is C[C@@H]1C[C@@H]2O[C@@]2(c2c(Br)cnn2C)C1. The fraction of sp³-hybridized carbons (Fsp3) is 0.700. The summed E-state index contributed by atoms with van der Waals surface area (Å²) >= 11 is 3.55. The van der Waals surface area contributed by atoms with Crippen LogP contribution in [0, 0.1) is 5.92 Å². The number of epoxide rings is 1. The molecule has 3 atom stereocenters. The van der Waals surface area contributed by atoms with Gasteiger partial charge in [0.2, 0.25) is 0 Å². The third-order valence-electron chi connectivity index (χ3n) is 3.38. The summed E-state index contributed by atoms with van der Waals surface area (Å²) in [5, 5.41) is 4.25. The number of fused-ring (bicyclic) bond motifs is 1. The molecule has 14 heavy (non-hydrogen) atoms. The molecular formula is C10H13BrN2O. The average Bonchev–Trinajstić information content (AvgIpc) is 2.49. The highest BCUT2D eigenvalue weighted by atomic mass is 79.9. The van der Waals surface area contributed by atoms with Crippen LogP contribution in [0.3, 0.4) is 0 Å². The number of aromatic nitrogens is 2. The van der Waals surface area contributed by atoms with E-state index in [-0.39, 0.29) is 5.60 Å². The summed E-state index contributed by atoms with van der Waals surface area (Å²) < 4.78 is 8.84. The lowest BCUT2D eigenvalue weighted by Crippen LogP contribution is -2.14. The topological polar surface area (TPSA) is 30.4 Å². The molecule has 0 radical (unpaired) electrons. The lowest BCUT2D eigenvalue weighted by molar-refractivity contribution is 0.213. The first-order valence-corrected chi connectivity index (χ1v) is 5.78. The maximum atomic E-state index is 5.83. The van der Waals surface area contributed by atoms with E-state index in [1.807, 2.05) is 17.9 Å². The molecule has 3 nitrogen and oxygen atoms in total. The Kier molecular flexibility index (Phi) is 1.66. The second kappa shape index (κ2) is 2.61. The number of nitrogens with zero attached hydrogens (tertiary/aromatic N) is 2. The van der Waals surface area contributed by atoms with E-state index in [1.165, 1.54) is 12.1 Å². The predicted molar refractivity (Wildman–Crippen MR) is 55.9 cm³/mol. The van der Waals surface area contributed by atoms with Crippen molar-refractivity contribution in [2.75, 3.05) is 0 Å². The maximum absolute atomic E-state index is 5.83. The summed E-state index contributed by atoms with van der Waals surface area (Å²) in [7, 11) is 1.98. The fourth-order valence-corrected chi connectivity index (χ4v) is 3.48. The van der Waals surface area contributed by atoms with Gasteiger partial charge >= 0.3 is 0 Å². The Morgan fingerprint density at radius 2 is 2.50 bits per heavy atom. The number of halogens is 1. The van der Waals surface area contributed by atoms with Crippen LogP contribution in [0.2, 0.25) is 0 Å². The van der Waals surface area contributed by atoms with Crippen molar-refractivity contribution in [1.82, 2.24) is 9.78 Å². The van der Waals surface area contributed by atoms with Crippen molar-refractivity contribution in [2.24, 2.45) is 13.0 Å². The minimum atomic E-state index is -0.0104. The summed E-state index contributed by atoms with van der Waals surface area (Å²) in [4.78, 5) is 0. The van der Waals surface area contributed by atoms with Gasteiger partial charge in [0.15, 0.2) is 0 Å². The van der Waals surface area contributed by atoms with Crippen molar-refractivity contribution in [1.29, 1.82) is 0 Å². The van der Waals surface area contributed by atoms with Gasteiger partial charge in [-0.2, -0.15) is 5.10 Å². The zero-order chi connectivity index (χ0) is 9.92. The van der Waals surface area contributed by atoms with Gasteiger partial charge < -0.3 is 4.74 Å². The molecule has 0 N–H and O–H groups in total. The summed E-state index contributed by atoms with van der Waals surface area (Å²) in [5.74, 6) is 0.774. The van der Waals surface area contributed by atoms with Crippen molar-refractivity contribution in [3.8, 4) is 0 Å². The quantitative estimate of drug-likeness (QED) is 0.722. The van der Waals surface area contributed by atoms with Crippen molar-refractivity contribution in [3.05, 3.63) is 16.4 Å². The van der Waals surface area contributed by atoms with Gasteiger partial charge in [-0.05, 0) is 34.7 Å². The molecule has 76 valence electrons. The van der Waals surface area contributed by atoms with Crippen molar-refractivity contribution >= 4 is 15.9 Å². The molecule has 1 aliphatic heterocycles. The van der Waals surface area contributed by atoms with E-state index in [1.54, 1.807) is 0 Å². The van der Waals surface area contributed by atoms with Gasteiger partial charge in [0.05, 0.1) is 22.5 Å². The Balaban J connectivity index is 2.04. The molecule has 0 spiro atoms. The first-order valence-electron chi connectivity index (χ1n) is 4.99. The summed E-state index contributed by atoms with van der Waals surface area (Å²) in [6, 6.07) is 0. The molecule has 4 heteroatoms.